The zero-order valence-electron chi connectivity index (χ0n) is 27.4. The van der Waals surface area contributed by atoms with Gasteiger partial charge in [0.1, 0.15) is 16.8 Å². The third-order valence-corrected chi connectivity index (χ3v) is 10.2. The molecule has 0 bridgehead atoms. The summed E-state index contributed by atoms with van der Waals surface area (Å²) in [5.41, 5.74) is 11.9. The molecule has 7 aromatic carbocycles. The van der Waals surface area contributed by atoms with Crippen molar-refractivity contribution in [2.45, 2.75) is 0 Å². The highest BCUT2D eigenvalue weighted by Crippen LogP contribution is 2.38. The Kier molecular flexibility index (Phi) is 5.89. The molecule has 0 N–H and O–H groups in total. The first-order chi connectivity index (χ1) is 25.3. The van der Waals surface area contributed by atoms with Crippen LogP contribution in [0.5, 0.6) is 0 Å². The molecule has 0 amide bonds. The van der Waals surface area contributed by atoms with E-state index in [0.29, 0.717) is 11.4 Å². The number of hydrogen-bond acceptors (Lipinski definition) is 3. The van der Waals surface area contributed by atoms with E-state index >= 15 is 0 Å². The van der Waals surface area contributed by atoms with E-state index in [1.165, 1.54) is 43.6 Å². The van der Waals surface area contributed by atoms with Crippen molar-refractivity contribution in [3.8, 4) is 34.0 Å². The summed E-state index contributed by atoms with van der Waals surface area (Å²) in [5.74, 6) is 0.657. The lowest BCUT2D eigenvalue weighted by molar-refractivity contribution is 0.667. The summed E-state index contributed by atoms with van der Waals surface area (Å²) in [7, 11) is 0. The monoisotopic (exact) mass is 652 g/mol. The van der Waals surface area contributed by atoms with E-state index in [2.05, 4.69) is 161 Å². The molecule has 0 radical (unpaired) electrons. The molecule has 0 aliphatic carbocycles. The molecule has 0 saturated carbocycles. The molecule has 238 valence electrons. The van der Waals surface area contributed by atoms with Crippen LogP contribution >= 0.6 is 0 Å². The number of rotatable bonds is 4. The summed E-state index contributed by atoms with van der Waals surface area (Å²) in [6.07, 6.45) is 0. The van der Waals surface area contributed by atoms with E-state index in [4.69, 9.17) is 14.4 Å². The van der Waals surface area contributed by atoms with Gasteiger partial charge < -0.3 is 13.6 Å². The number of benzene rings is 7. The molecule has 51 heavy (non-hydrogen) atoms. The molecule has 4 heterocycles. The van der Waals surface area contributed by atoms with Crippen LogP contribution in [0.3, 0.4) is 0 Å². The molecule has 0 spiro atoms. The first-order valence-electron chi connectivity index (χ1n) is 17.2. The Morgan fingerprint density at radius 3 is 1.27 bits per heavy atom. The van der Waals surface area contributed by atoms with Gasteiger partial charge in [-0.3, -0.25) is 0 Å². The largest absolute Gasteiger partial charge is 0.452 e. The van der Waals surface area contributed by atoms with Crippen LogP contribution in [0.25, 0.3) is 99.7 Å². The van der Waals surface area contributed by atoms with Gasteiger partial charge in [-0.2, -0.15) is 0 Å². The highest BCUT2D eigenvalue weighted by molar-refractivity contribution is 6.11. The minimum absolute atomic E-state index is 0.657. The van der Waals surface area contributed by atoms with Crippen LogP contribution in [-0.2, 0) is 0 Å². The molecule has 11 aromatic rings. The fourth-order valence-corrected chi connectivity index (χ4v) is 7.85. The van der Waals surface area contributed by atoms with Crippen molar-refractivity contribution in [3.63, 3.8) is 0 Å². The standard InChI is InChI=1S/C46H28N4O/c1-6-16-38-33(11-1)34-12-2-7-17-39(34)49(38)31-25-21-29(22-26-31)43-45-44(37-15-5-10-20-42(37)51-45)48-46(47-43)30-23-27-32(28-24-30)50-40-18-8-3-13-35(40)36-14-4-9-19-41(36)50/h1-28H. The molecule has 0 saturated heterocycles. The highest BCUT2D eigenvalue weighted by Gasteiger charge is 2.19. The Hall–Kier alpha value is -6.98. The van der Waals surface area contributed by atoms with Crippen molar-refractivity contribution >= 4 is 65.7 Å². The van der Waals surface area contributed by atoms with Crippen molar-refractivity contribution in [2.75, 3.05) is 0 Å². The molecule has 0 aliphatic heterocycles. The van der Waals surface area contributed by atoms with Crippen LogP contribution in [0.15, 0.2) is 174 Å². The third-order valence-electron chi connectivity index (χ3n) is 10.2. The van der Waals surface area contributed by atoms with Crippen LogP contribution in [0, 0.1) is 0 Å². The molecular formula is C46H28N4O. The summed E-state index contributed by atoms with van der Waals surface area (Å²) in [5, 5.41) is 5.94. The van der Waals surface area contributed by atoms with E-state index in [0.717, 1.165) is 44.7 Å². The van der Waals surface area contributed by atoms with Crippen molar-refractivity contribution in [1.29, 1.82) is 0 Å². The van der Waals surface area contributed by atoms with Gasteiger partial charge in [0.05, 0.1) is 22.1 Å². The smallest absolute Gasteiger partial charge is 0.180 e. The van der Waals surface area contributed by atoms with Gasteiger partial charge in [-0.1, -0.05) is 97.1 Å². The van der Waals surface area contributed by atoms with Gasteiger partial charge in [-0.25, -0.2) is 9.97 Å². The molecular weight excluding hydrogens is 625 g/mol. The molecule has 0 atom stereocenters. The lowest BCUT2D eigenvalue weighted by atomic mass is 10.1. The Bertz CT molecular complexity index is 3020. The molecule has 4 aromatic heterocycles. The number of hydrogen-bond donors (Lipinski definition) is 0. The van der Waals surface area contributed by atoms with Gasteiger partial charge in [0, 0.05) is 49.4 Å². The Balaban J connectivity index is 1.06. The normalized spacial score (nSPS) is 11.9. The van der Waals surface area contributed by atoms with E-state index in [9.17, 15) is 0 Å². The van der Waals surface area contributed by atoms with Gasteiger partial charge >= 0.3 is 0 Å². The second-order valence-electron chi connectivity index (χ2n) is 13.0. The van der Waals surface area contributed by atoms with E-state index in [1.54, 1.807) is 0 Å². The second kappa shape index (κ2) is 10.8. The molecule has 5 heteroatoms. The maximum absolute atomic E-state index is 6.46. The van der Waals surface area contributed by atoms with Gasteiger partial charge in [0.2, 0.25) is 0 Å². The van der Waals surface area contributed by atoms with Crippen LogP contribution in [-0.4, -0.2) is 19.1 Å². The van der Waals surface area contributed by atoms with Crippen LogP contribution < -0.4 is 0 Å². The summed E-state index contributed by atoms with van der Waals surface area (Å²) in [4.78, 5) is 10.3. The zero-order valence-corrected chi connectivity index (χ0v) is 27.4. The molecule has 11 rings (SSSR count). The van der Waals surface area contributed by atoms with Crippen molar-refractivity contribution in [3.05, 3.63) is 170 Å². The van der Waals surface area contributed by atoms with Crippen LogP contribution in [0.2, 0.25) is 0 Å². The average molecular weight is 653 g/mol. The van der Waals surface area contributed by atoms with E-state index in [-0.39, 0.29) is 0 Å². The first-order valence-corrected chi connectivity index (χ1v) is 17.2. The molecule has 0 aliphatic rings. The van der Waals surface area contributed by atoms with Gasteiger partial charge in [-0.15, -0.1) is 0 Å². The summed E-state index contributed by atoms with van der Waals surface area (Å²) >= 11 is 0. The molecule has 0 unspecified atom stereocenters. The quantitative estimate of drug-likeness (QED) is 0.190. The maximum Gasteiger partial charge on any atom is 0.180 e. The fourth-order valence-electron chi connectivity index (χ4n) is 7.85. The minimum Gasteiger partial charge on any atom is -0.452 e. The molecule has 5 nitrogen and oxygen atoms in total. The Morgan fingerprint density at radius 1 is 0.373 bits per heavy atom. The summed E-state index contributed by atoms with van der Waals surface area (Å²) < 4.78 is 11.1. The SMILES string of the molecule is c1ccc2c(c1)oc1c(-c3ccc(-n4c5ccccc5c5ccccc54)cc3)nc(-c3ccc(-n4c5ccccc5c5ccccc54)cc3)nc12. The molecule has 0 fully saturated rings. The predicted octanol–water partition coefficient (Wildman–Crippen LogP) is 11.9. The number of para-hydroxylation sites is 5. The lowest BCUT2D eigenvalue weighted by Gasteiger charge is -2.11. The lowest BCUT2D eigenvalue weighted by Crippen LogP contribution is -1.97. The number of furan rings is 1. The Labute approximate surface area is 292 Å². The number of aromatic nitrogens is 4. The van der Waals surface area contributed by atoms with Gasteiger partial charge in [0.25, 0.3) is 0 Å². The fraction of sp³-hybridized carbons (Fsp3) is 0. The van der Waals surface area contributed by atoms with Crippen LogP contribution in [0.1, 0.15) is 0 Å². The van der Waals surface area contributed by atoms with Gasteiger partial charge in [0.15, 0.2) is 11.4 Å². The zero-order chi connectivity index (χ0) is 33.5. The topological polar surface area (TPSA) is 48.8 Å². The number of nitrogens with zero attached hydrogens (tertiary/aromatic N) is 4. The van der Waals surface area contributed by atoms with E-state index < -0.39 is 0 Å². The third kappa shape index (κ3) is 4.15. The van der Waals surface area contributed by atoms with Crippen molar-refractivity contribution in [2.24, 2.45) is 0 Å². The predicted molar refractivity (Wildman–Crippen MR) is 209 cm³/mol. The van der Waals surface area contributed by atoms with Gasteiger partial charge in [-0.05, 0) is 72.8 Å². The maximum atomic E-state index is 6.46. The first kappa shape index (κ1) is 27.9. The summed E-state index contributed by atoms with van der Waals surface area (Å²) in [6, 6.07) is 59.6. The van der Waals surface area contributed by atoms with Crippen molar-refractivity contribution in [1.82, 2.24) is 19.1 Å². The summed E-state index contributed by atoms with van der Waals surface area (Å²) in [6.45, 7) is 0. The minimum atomic E-state index is 0.657. The van der Waals surface area contributed by atoms with Crippen LogP contribution in [0.4, 0.5) is 0 Å². The average Bonchev–Trinajstić information content (AvgIpc) is 3.86. The Morgan fingerprint density at radius 2 is 0.784 bits per heavy atom. The highest BCUT2D eigenvalue weighted by atomic mass is 16.3. The van der Waals surface area contributed by atoms with Crippen molar-refractivity contribution < 1.29 is 4.42 Å². The van der Waals surface area contributed by atoms with E-state index in [1.807, 2.05) is 18.2 Å². The number of fused-ring (bicyclic) bond motifs is 9. The second-order valence-corrected chi connectivity index (χ2v) is 13.0.